The van der Waals surface area contributed by atoms with Gasteiger partial charge in [0, 0.05) is 13.0 Å². The molecule has 4 heteroatoms. The summed E-state index contributed by atoms with van der Waals surface area (Å²) in [5.41, 5.74) is 0.716. The molecule has 0 spiro atoms. The highest BCUT2D eigenvalue weighted by Crippen LogP contribution is 2.18. The lowest BCUT2D eigenvalue weighted by molar-refractivity contribution is 0.0968. The van der Waals surface area contributed by atoms with Crippen molar-refractivity contribution >= 4 is 21.7 Å². The molecule has 0 fully saturated rings. The van der Waals surface area contributed by atoms with E-state index < -0.39 is 0 Å². The van der Waals surface area contributed by atoms with E-state index in [1.807, 2.05) is 6.92 Å². The monoisotopic (exact) mass is 272 g/mol. The fraction of sp³-hybridized carbons (Fsp3) is 0.636. The normalized spacial score (nSPS) is 10.6. The van der Waals surface area contributed by atoms with Crippen molar-refractivity contribution in [3.8, 4) is 0 Å². The molecular weight excluding hydrogens is 256 g/mol. The van der Waals surface area contributed by atoms with Gasteiger partial charge >= 0.3 is 0 Å². The highest BCUT2D eigenvalue weighted by Gasteiger charge is 2.15. The number of carbonyl (C=O) groups excluding carboxylic acids is 1. The topological polar surface area (TPSA) is 34.9 Å². The molecular formula is C11H17BrN2O. The summed E-state index contributed by atoms with van der Waals surface area (Å²) in [6.45, 7) is 4.86. The Bertz CT molecular complexity index is 333. The molecule has 15 heavy (non-hydrogen) atoms. The summed E-state index contributed by atoms with van der Waals surface area (Å²) in [6, 6.07) is 0. The minimum atomic E-state index is 0.190. The van der Waals surface area contributed by atoms with Gasteiger partial charge in [0.1, 0.15) is 5.69 Å². The third-order valence-electron chi connectivity index (χ3n) is 2.37. The first-order chi connectivity index (χ1) is 7.20. The van der Waals surface area contributed by atoms with Gasteiger partial charge in [-0.1, -0.05) is 19.8 Å². The third-order valence-corrected chi connectivity index (χ3v) is 2.95. The fourth-order valence-electron chi connectivity index (χ4n) is 1.53. The first-order valence-corrected chi connectivity index (χ1v) is 6.24. The summed E-state index contributed by atoms with van der Waals surface area (Å²) >= 11 is 3.36. The van der Waals surface area contributed by atoms with Crippen LogP contribution in [0, 0.1) is 0 Å². The van der Waals surface area contributed by atoms with Crippen LogP contribution in [0.15, 0.2) is 10.7 Å². The lowest BCUT2D eigenvalue weighted by atomic mass is 10.1. The Morgan fingerprint density at radius 1 is 1.47 bits per heavy atom. The zero-order chi connectivity index (χ0) is 11.3. The maximum absolute atomic E-state index is 11.9. The number of unbranched alkanes of at least 4 members (excludes halogenated alkanes) is 2. The van der Waals surface area contributed by atoms with Crippen molar-refractivity contribution < 1.29 is 4.79 Å². The Balaban J connectivity index is 2.67. The lowest BCUT2D eigenvalue weighted by Crippen LogP contribution is -2.09. The average Bonchev–Trinajstić information content (AvgIpc) is 2.59. The van der Waals surface area contributed by atoms with Gasteiger partial charge in [-0.25, -0.2) is 0 Å². The van der Waals surface area contributed by atoms with Crippen molar-refractivity contribution in [1.82, 2.24) is 9.78 Å². The summed E-state index contributed by atoms with van der Waals surface area (Å²) in [6.07, 6.45) is 5.54. The number of ketones is 1. The average molecular weight is 273 g/mol. The Labute approximate surface area is 99.0 Å². The number of halogens is 1. The van der Waals surface area contributed by atoms with Crippen LogP contribution in [0.4, 0.5) is 0 Å². The smallest absolute Gasteiger partial charge is 0.182 e. The summed E-state index contributed by atoms with van der Waals surface area (Å²) in [4.78, 5) is 11.9. The second-order valence-corrected chi connectivity index (χ2v) is 4.39. The minimum Gasteiger partial charge on any atom is -0.292 e. The van der Waals surface area contributed by atoms with E-state index in [2.05, 4.69) is 28.0 Å². The van der Waals surface area contributed by atoms with Gasteiger partial charge in [-0.05, 0) is 29.3 Å². The number of aromatic nitrogens is 2. The van der Waals surface area contributed by atoms with E-state index >= 15 is 0 Å². The zero-order valence-electron chi connectivity index (χ0n) is 9.29. The molecule has 0 aliphatic carbocycles. The highest BCUT2D eigenvalue weighted by atomic mass is 79.9. The molecule has 0 aromatic carbocycles. The van der Waals surface area contributed by atoms with Gasteiger partial charge in [-0.15, -0.1) is 0 Å². The van der Waals surface area contributed by atoms with E-state index in [1.165, 1.54) is 0 Å². The third kappa shape index (κ3) is 3.16. The molecule has 1 rings (SSSR count). The number of aryl methyl sites for hydroxylation is 1. The first-order valence-electron chi connectivity index (χ1n) is 5.45. The molecule has 0 amide bonds. The van der Waals surface area contributed by atoms with Crippen LogP contribution in [0.25, 0.3) is 0 Å². The molecule has 1 heterocycles. The van der Waals surface area contributed by atoms with E-state index in [-0.39, 0.29) is 5.78 Å². The molecule has 0 radical (unpaired) electrons. The number of hydrogen-bond acceptors (Lipinski definition) is 2. The first kappa shape index (κ1) is 12.4. The molecule has 0 saturated carbocycles. The van der Waals surface area contributed by atoms with E-state index in [0.717, 1.165) is 30.3 Å². The van der Waals surface area contributed by atoms with Gasteiger partial charge in [0.15, 0.2) is 5.78 Å². The molecule has 0 bridgehead atoms. The van der Waals surface area contributed by atoms with Crippen LogP contribution in [-0.2, 0) is 6.54 Å². The summed E-state index contributed by atoms with van der Waals surface area (Å²) in [5.74, 6) is 0.190. The van der Waals surface area contributed by atoms with Crippen LogP contribution in [0.1, 0.15) is 50.0 Å². The van der Waals surface area contributed by atoms with Gasteiger partial charge in [-0.3, -0.25) is 9.48 Å². The summed E-state index contributed by atoms with van der Waals surface area (Å²) in [5, 5.41) is 4.13. The van der Waals surface area contributed by atoms with Crippen molar-refractivity contribution in [2.24, 2.45) is 0 Å². The van der Waals surface area contributed by atoms with Crippen LogP contribution in [-0.4, -0.2) is 15.6 Å². The largest absolute Gasteiger partial charge is 0.292 e. The molecule has 3 nitrogen and oxygen atoms in total. The zero-order valence-corrected chi connectivity index (χ0v) is 10.9. The second kappa shape index (κ2) is 6.05. The molecule has 84 valence electrons. The molecule has 0 saturated heterocycles. The molecule has 0 N–H and O–H groups in total. The van der Waals surface area contributed by atoms with Crippen LogP contribution in [0.3, 0.4) is 0 Å². The maximum Gasteiger partial charge on any atom is 0.182 e. The predicted octanol–water partition coefficient (Wildman–Crippen LogP) is 3.43. The van der Waals surface area contributed by atoms with E-state index in [0.29, 0.717) is 12.1 Å². The Morgan fingerprint density at radius 2 is 2.20 bits per heavy atom. The number of carbonyl (C=O) groups is 1. The van der Waals surface area contributed by atoms with Gasteiger partial charge in [0.2, 0.25) is 0 Å². The second-order valence-electron chi connectivity index (χ2n) is 3.54. The Hall–Kier alpha value is -0.640. The van der Waals surface area contributed by atoms with Crippen LogP contribution < -0.4 is 0 Å². The lowest BCUT2D eigenvalue weighted by Gasteiger charge is -2.04. The van der Waals surface area contributed by atoms with Crippen LogP contribution in [0.5, 0.6) is 0 Å². The van der Waals surface area contributed by atoms with Gasteiger partial charge < -0.3 is 0 Å². The highest BCUT2D eigenvalue weighted by molar-refractivity contribution is 9.10. The number of rotatable bonds is 6. The summed E-state index contributed by atoms with van der Waals surface area (Å²) < 4.78 is 2.56. The molecule has 0 aliphatic rings. The predicted molar refractivity (Wildman–Crippen MR) is 64.1 cm³/mol. The molecule has 0 atom stereocenters. The summed E-state index contributed by atoms with van der Waals surface area (Å²) in [7, 11) is 0. The van der Waals surface area contributed by atoms with E-state index in [4.69, 9.17) is 0 Å². The van der Waals surface area contributed by atoms with Crippen LogP contribution in [0.2, 0.25) is 0 Å². The van der Waals surface area contributed by atoms with E-state index in [9.17, 15) is 4.79 Å². The van der Waals surface area contributed by atoms with Crippen LogP contribution >= 0.6 is 15.9 Å². The molecule has 0 unspecified atom stereocenters. The number of Topliss-reactive ketones (excluding diaryl/α,β-unsaturated/α-hetero) is 1. The SMILES string of the molecule is CCCCCC(=O)c1c(Br)cnn1CC. The van der Waals surface area contributed by atoms with Crippen molar-refractivity contribution in [3.63, 3.8) is 0 Å². The van der Waals surface area contributed by atoms with Gasteiger partial charge in [0.25, 0.3) is 0 Å². The minimum absolute atomic E-state index is 0.190. The molecule has 1 aromatic rings. The quantitative estimate of drug-likeness (QED) is 0.588. The fourth-order valence-corrected chi connectivity index (χ4v) is 2.05. The van der Waals surface area contributed by atoms with E-state index in [1.54, 1.807) is 10.9 Å². The van der Waals surface area contributed by atoms with Gasteiger partial charge in [-0.2, -0.15) is 5.10 Å². The molecule has 1 aromatic heterocycles. The Kier molecular flexibility index (Phi) is 5.02. The van der Waals surface area contributed by atoms with Crippen molar-refractivity contribution in [2.75, 3.05) is 0 Å². The number of nitrogens with zero attached hydrogens (tertiary/aromatic N) is 2. The van der Waals surface area contributed by atoms with Crippen molar-refractivity contribution in [2.45, 2.75) is 46.1 Å². The maximum atomic E-state index is 11.9. The molecule has 0 aliphatic heterocycles. The van der Waals surface area contributed by atoms with Crippen molar-refractivity contribution in [1.29, 1.82) is 0 Å². The standard InChI is InChI=1S/C11H17BrN2O/c1-3-5-6-7-10(15)11-9(12)8-13-14(11)4-2/h8H,3-7H2,1-2H3. The Morgan fingerprint density at radius 3 is 2.80 bits per heavy atom. The van der Waals surface area contributed by atoms with Gasteiger partial charge in [0.05, 0.1) is 10.7 Å². The number of hydrogen-bond donors (Lipinski definition) is 0. The van der Waals surface area contributed by atoms with Crippen molar-refractivity contribution in [3.05, 3.63) is 16.4 Å².